The second-order valence-electron chi connectivity index (χ2n) is 12.9. The van der Waals surface area contributed by atoms with Gasteiger partial charge in [0.2, 0.25) is 17.7 Å². The van der Waals surface area contributed by atoms with Crippen LogP contribution >= 0.6 is 11.3 Å². The predicted octanol–water partition coefficient (Wildman–Crippen LogP) is 2.07. The lowest BCUT2D eigenvalue weighted by Crippen LogP contribution is -2.58. The Morgan fingerprint density at radius 1 is 0.979 bits per heavy atom. The summed E-state index contributed by atoms with van der Waals surface area (Å²) in [5, 5.41) is 19.3. The van der Waals surface area contributed by atoms with E-state index in [1.54, 1.807) is 11.3 Å². The highest BCUT2D eigenvalue weighted by Gasteiger charge is 2.44. The van der Waals surface area contributed by atoms with Crippen molar-refractivity contribution in [3.05, 3.63) is 41.0 Å². The van der Waals surface area contributed by atoms with Gasteiger partial charge in [0.05, 0.1) is 74.5 Å². The first-order chi connectivity index (χ1) is 22.9. The van der Waals surface area contributed by atoms with Gasteiger partial charge >= 0.3 is 0 Å². The Morgan fingerprint density at radius 3 is 2.15 bits per heavy atom. The minimum atomic E-state index is -0.940. The van der Waals surface area contributed by atoms with Gasteiger partial charge in [-0.2, -0.15) is 0 Å². The first kappa shape index (κ1) is 39.5. The van der Waals surface area contributed by atoms with Crippen LogP contribution in [0.3, 0.4) is 0 Å². The van der Waals surface area contributed by atoms with Gasteiger partial charge in [-0.15, -0.1) is 11.3 Å². The number of carbonyl (C=O) groups excluding carboxylic acids is 3. The second-order valence-corrected chi connectivity index (χ2v) is 13.7. The molecule has 1 aliphatic heterocycles. The molecule has 0 spiro atoms. The van der Waals surface area contributed by atoms with Gasteiger partial charge in [-0.25, -0.2) is 4.98 Å². The Hall–Kier alpha value is -2.98. The number of β-amino-alcohol motifs (C(OH)–C–C–N with tert-alkyl or cyclic N) is 1. The van der Waals surface area contributed by atoms with E-state index in [2.05, 4.69) is 20.9 Å². The zero-order valence-corrected chi connectivity index (χ0v) is 29.9. The fourth-order valence-electron chi connectivity index (χ4n) is 5.22. The molecule has 2 heterocycles. The first-order valence-corrected chi connectivity index (χ1v) is 17.3. The zero-order valence-electron chi connectivity index (χ0n) is 29.1. The molecule has 1 aromatic heterocycles. The summed E-state index contributed by atoms with van der Waals surface area (Å²) in [7, 11) is 1.87. The number of nitrogens with zero attached hydrogens (tertiary/aromatic N) is 2. The molecular weight excluding hydrogens is 638 g/mol. The van der Waals surface area contributed by atoms with Gasteiger partial charge in [0, 0.05) is 19.5 Å². The number of nitrogens with one attached hydrogen (secondary N) is 3. The molecule has 0 saturated carbocycles. The molecule has 14 heteroatoms. The number of amides is 3. The maximum Gasteiger partial charge on any atom is 0.246 e. The molecule has 3 rings (SSSR count). The highest BCUT2D eigenvalue weighted by Crippen LogP contribution is 2.29. The lowest BCUT2D eigenvalue weighted by Gasteiger charge is -2.35. The molecule has 13 nitrogen and oxygen atoms in total. The molecule has 4 N–H and O–H groups in total. The van der Waals surface area contributed by atoms with E-state index >= 15 is 0 Å². The third-order valence-electron chi connectivity index (χ3n) is 7.91. The number of aliphatic hydroxyl groups is 1. The monoisotopic (exact) mass is 691 g/mol. The summed E-state index contributed by atoms with van der Waals surface area (Å²) < 4.78 is 21.7. The van der Waals surface area contributed by atoms with Gasteiger partial charge in [-0.05, 0) is 37.4 Å². The lowest BCUT2D eigenvalue weighted by molar-refractivity contribution is -0.144. The van der Waals surface area contributed by atoms with Crippen LogP contribution in [0.25, 0.3) is 10.4 Å². The molecule has 1 saturated heterocycles. The predicted molar refractivity (Wildman–Crippen MR) is 184 cm³/mol. The van der Waals surface area contributed by atoms with Gasteiger partial charge in [0.1, 0.15) is 18.7 Å². The Kier molecular flexibility index (Phi) is 16.3. The van der Waals surface area contributed by atoms with E-state index in [9.17, 15) is 19.5 Å². The van der Waals surface area contributed by atoms with Crippen molar-refractivity contribution >= 4 is 29.1 Å². The Bertz CT molecular complexity index is 1290. The molecule has 1 fully saturated rings. The Morgan fingerprint density at radius 2 is 1.58 bits per heavy atom. The van der Waals surface area contributed by atoms with E-state index in [-0.39, 0.29) is 44.7 Å². The molecule has 0 unspecified atom stereocenters. The third-order valence-corrected chi connectivity index (χ3v) is 8.88. The van der Waals surface area contributed by atoms with Crippen LogP contribution in [0.1, 0.15) is 51.4 Å². The number of likely N-dealkylation sites (tertiary alicyclic amines) is 1. The fraction of sp³-hybridized carbons (Fsp3) is 0.647. The Labute approximate surface area is 288 Å². The summed E-state index contributed by atoms with van der Waals surface area (Å²) in [5.41, 5.74) is 4.08. The van der Waals surface area contributed by atoms with Crippen LogP contribution in [0.2, 0.25) is 0 Å². The van der Waals surface area contributed by atoms with Crippen molar-refractivity contribution in [3.8, 4) is 10.4 Å². The van der Waals surface area contributed by atoms with E-state index in [1.807, 2.05) is 71.4 Å². The van der Waals surface area contributed by atoms with Gasteiger partial charge in [-0.3, -0.25) is 14.4 Å². The summed E-state index contributed by atoms with van der Waals surface area (Å²) >= 11 is 1.58. The Balaban J connectivity index is 1.46. The maximum atomic E-state index is 13.8. The van der Waals surface area contributed by atoms with E-state index in [1.165, 1.54) is 4.90 Å². The molecule has 4 atom stereocenters. The number of hydrogen-bond donors (Lipinski definition) is 4. The largest absolute Gasteiger partial charge is 0.391 e. The molecule has 1 aromatic carbocycles. The van der Waals surface area contributed by atoms with Crippen LogP contribution in [0.5, 0.6) is 0 Å². The number of rotatable bonds is 20. The number of hydrogen-bond acceptors (Lipinski definition) is 11. The van der Waals surface area contributed by atoms with Crippen molar-refractivity contribution in [2.24, 2.45) is 5.41 Å². The van der Waals surface area contributed by atoms with Crippen LogP contribution in [0.4, 0.5) is 0 Å². The van der Waals surface area contributed by atoms with Crippen molar-refractivity contribution in [2.75, 3.05) is 73.0 Å². The van der Waals surface area contributed by atoms with Crippen molar-refractivity contribution in [1.29, 1.82) is 0 Å². The van der Waals surface area contributed by atoms with Crippen LogP contribution in [-0.4, -0.2) is 124 Å². The molecule has 2 aromatic rings. The van der Waals surface area contributed by atoms with Crippen molar-refractivity contribution in [2.45, 2.75) is 65.3 Å². The number of benzene rings is 1. The van der Waals surface area contributed by atoms with E-state index < -0.39 is 35.4 Å². The summed E-state index contributed by atoms with van der Waals surface area (Å²) in [5.74, 6) is -1.25. The smallest absolute Gasteiger partial charge is 0.246 e. The quantitative estimate of drug-likeness (QED) is 0.151. The molecule has 0 bridgehead atoms. The number of aromatic nitrogens is 1. The summed E-state index contributed by atoms with van der Waals surface area (Å²) in [6.45, 7) is 12.8. The first-order valence-electron chi connectivity index (χ1n) is 16.5. The van der Waals surface area contributed by atoms with Crippen LogP contribution in [0.15, 0.2) is 29.8 Å². The molecular formula is C34H53N5O8S. The van der Waals surface area contributed by atoms with Crippen molar-refractivity contribution in [1.82, 2.24) is 25.8 Å². The number of ether oxygens (including phenoxy) is 4. The van der Waals surface area contributed by atoms with Gasteiger partial charge in [0.25, 0.3) is 0 Å². The second kappa shape index (κ2) is 19.9. The van der Waals surface area contributed by atoms with E-state index in [0.29, 0.717) is 33.0 Å². The van der Waals surface area contributed by atoms with Crippen molar-refractivity contribution < 1.29 is 38.4 Å². The van der Waals surface area contributed by atoms with Crippen LogP contribution < -0.4 is 16.0 Å². The lowest BCUT2D eigenvalue weighted by atomic mass is 9.85. The topological polar surface area (TPSA) is 161 Å². The minimum absolute atomic E-state index is 0.00242. The number of likely N-dealkylation sites (N-methyl/N-ethyl adjacent to an activating group) is 1. The zero-order chi connectivity index (χ0) is 35.1. The maximum absolute atomic E-state index is 13.8. The van der Waals surface area contributed by atoms with E-state index in [4.69, 9.17) is 18.9 Å². The number of carbonyl (C=O) groups is 3. The summed E-state index contributed by atoms with van der Waals surface area (Å²) in [4.78, 5) is 46.9. The minimum Gasteiger partial charge on any atom is -0.391 e. The normalized spacial score (nSPS) is 17.7. The molecule has 0 radical (unpaired) electrons. The molecule has 1 aliphatic rings. The highest BCUT2D eigenvalue weighted by atomic mass is 32.1. The highest BCUT2D eigenvalue weighted by molar-refractivity contribution is 7.13. The number of aliphatic hydroxyl groups excluding tert-OH is 1. The average molecular weight is 692 g/mol. The van der Waals surface area contributed by atoms with Gasteiger partial charge in [-0.1, -0.05) is 45.0 Å². The molecule has 268 valence electrons. The molecule has 0 aliphatic carbocycles. The average Bonchev–Trinajstić information content (AvgIpc) is 3.66. The van der Waals surface area contributed by atoms with Crippen molar-refractivity contribution in [3.63, 3.8) is 0 Å². The standard InChI is InChI=1S/C34H53N5O8S/c1-23(25-7-9-26(10-8-25)30-24(2)36-22-48-30)37-32(42)28-19-27(40)20-39(28)33(43)31(34(3,4)5)38-29(41)21-47-18-17-46-16-15-45-14-13-44-12-11-35-6/h7-10,22-23,27-28,31,35,40H,11-21H2,1-6H3,(H,37,42)(H,38,41)/t23-,27+,28-,31+/m0/s1. The van der Waals surface area contributed by atoms with Crippen LogP contribution in [0, 0.1) is 12.3 Å². The summed E-state index contributed by atoms with van der Waals surface area (Å²) in [6.07, 6.45) is -0.749. The third kappa shape index (κ3) is 12.5. The fourth-order valence-corrected chi connectivity index (χ4v) is 6.03. The number of thiazole rings is 1. The SMILES string of the molecule is CNCCOCCOCCOCCOCC(=O)N[C@H](C(=O)N1C[C@H](O)C[C@H]1C(=O)N[C@@H](C)c1ccc(-c2scnc2C)cc1)C(C)(C)C. The number of aryl methyl sites for hydroxylation is 1. The summed E-state index contributed by atoms with van der Waals surface area (Å²) in [6, 6.07) is 5.79. The van der Waals surface area contributed by atoms with Gasteiger partial charge in [0.15, 0.2) is 0 Å². The molecule has 3 amide bonds. The van der Waals surface area contributed by atoms with Gasteiger partial charge < -0.3 is 44.9 Å². The molecule has 48 heavy (non-hydrogen) atoms. The van der Waals surface area contributed by atoms with E-state index in [0.717, 1.165) is 28.2 Å². The van der Waals surface area contributed by atoms with Crippen LogP contribution in [-0.2, 0) is 33.3 Å².